The van der Waals surface area contributed by atoms with Crippen LogP contribution in [0.5, 0.6) is 0 Å². The smallest absolute Gasteiger partial charge is 0.141 e. The summed E-state index contributed by atoms with van der Waals surface area (Å²) < 4.78 is 0. The van der Waals surface area contributed by atoms with Crippen molar-refractivity contribution in [1.29, 1.82) is 0 Å². The average molecular weight is 147 g/mol. The Morgan fingerprint density at radius 2 is 1.78 bits per heavy atom. The Morgan fingerprint density at radius 3 is 1.89 bits per heavy atom. The molecule has 0 radical (unpaired) electrons. The Morgan fingerprint density at radius 1 is 1.33 bits per heavy atom. The Balaban J connectivity index is 2.34. The lowest BCUT2D eigenvalue weighted by Gasteiger charge is -2.17. The van der Waals surface area contributed by atoms with E-state index in [1.54, 1.807) is 0 Å². The van der Waals surface area contributed by atoms with Gasteiger partial charge in [0.05, 0.1) is 0 Å². The van der Waals surface area contributed by atoms with E-state index in [9.17, 15) is 0 Å². The van der Waals surface area contributed by atoms with Gasteiger partial charge in [-0.1, -0.05) is 32.4 Å². The van der Waals surface area contributed by atoms with Gasteiger partial charge in [0.15, 0.2) is 0 Å². The summed E-state index contributed by atoms with van der Waals surface area (Å²) in [6.07, 6.45) is 0.835. The van der Waals surface area contributed by atoms with Crippen molar-refractivity contribution in [3.63, 3.8) is 0 Å². The monoisotopic (exact) mass is 146 g/mol. The van der Waals surface area contributed by atoms with Gasteiger partial charge in [-0.3, -0.25) is 0 Å². The second-order valence-electron chi connectivity index (χ2n) is 3.66. The molecule has 1 rings (SSSR count). The summed E-state index contributed by atoms with van der Waals surface area (Å²) >= 11 is 5.80. The third-order valence-corrected chi connectivity index (χ3v) is 1.36. The minimum atomic E-state index is -0.543. The molecule has 0 saturated heterocycles. The topological polar surface area (TPSA) is 24.7 Å². The van der Waals surface area contributed by atoms with E-state index in [1.807, 2.05) is 0 Å². The van der Waals surface area contributed by atoms with Crippen LogP contribution < -0.4 is 0 Å². The number of alkyl halides is 1. The number of hydrogen-bond acceptors (Lipinski definition) is 2. The summed E-state index contributed by atoms with van der Waals surface area (Å²) in [4.78, 5) is 0. The molecule has 0 spiro atoms. The van der Waals surface area contributed by atoms with Gasteiger partial charge >= 0.3 is 0 Å². The van der Waals surface area contributed by atoms with Crippen LogP contribution in [-0.4, -0.2) is 5.12 Å². The summed E-state index contributed by atoms with van der Waals surface area (Å²) in [6, 6.07) is 0. The molecule has 9 heavy (non-hydrogen) atoms. The van der Waals surface area contributed by atoms with E-state index in [0.29, 0.717) is 0 Å². The third kappa shape index (κ3) is 2.31. The van der Waals surface area contributed by atoms with Crippen LogP contribution >= 0.6 is 11.6 Å². The van der Waals surface area contributed by atoms with Crippen molar-refractivity contribution >= 4 is 11.6 Å². The Labute approximate surface area is 60.3 Å². The summed E-state index contributed by atoms with van der Waals surface area (Å²) in [5, 5.41) is 6.88. The van der Waals surface area contributed by atoms with Crippen molar-refractivity contribution in [3.8, 4) is 0 Å². The molecule has 0 fully saturated rings. The highest BCUT2D eigenvalue weighted by Gasteiger charge is 2.40. The molecule has 0 saturated carbocycles. The van der Waals surface area contributed by atoms with Gasteiger partial charge in [-0.15, -0.1) is 10.2 Å². The number of hydrogen-bond donors (Lipinski definition) is 0. The lowest BCUT2D eigenvalue weighted by molar-refractivity contribution is 0.357. The normalized spacial score (nSPS) is 22.2. The lowest BCUT2D eigenvalue weighted by Crippen LogP contribution is -2.14. The van der Waals surface area contributed by atoms with Crippen LogP contribution in [0.25, 0.3) is 0 Å². The van der Waals surface area contributed by atoms with Gasteiger partial charge in [0.25, 0.3) is 5.12 Å². The van der Waals surface area contributed by atoms with Crippen LogP contribution in [0.3, 0.4) is 0 Å². The van der Waals surface area contributed by atoms with E-state index in [2.05, 4.69) is 31.0 Å². The van der Waals surface area contributed by atoms with Crippen LogP contribution in [0.4, 0.5) is 0 Å². The second kappa shape index (κ2) is 1.69. The first kappa shape index (κ1) is 7.00. The molecule has 0 N–H and O–H groups in total. The predicted molar refractivity (Wildman–Crippen MR) is 37.5 cm³/mol. The molecule has 0 unspecified atom stereocenters. The van der Waals surface area contributed by atoms with Crippen molar-refractivity contribution in [2.75, 3.05) is 0 Å². The second-order valence-corrected chi connectivity index (χ2v) is 4.26. The molecule has 2 nitrogen and oxygen atoms in total. The van der Waals surface area contributed by atoms with Crippen molar-refractivity contribution in [1.82, 2.24) is 0 Å². The SMILES string of the molecule is CC(C)(C)CC1(Cl)N=N1. The fraction of sp³-hybridized carbons (Fsp3) is 1.00. The molecular formula is C6H11ClN2. The standard InChI is InChI=1S/C6H11ClN2/c1-5(2,3)4-6(7)8-9-6/h4H2,1-3H3. The highest BCUT2D eigenvalue weighted by Crippen LogP contribution is 2.42. The summed E-state index contributed by atoms with van der Waals surface area (Å²) in [6.45, 7) is 6.38. The minimum absolute atomic E-state index is 0.227. The molecule has 0 atom stereocenters. The zero-order valence-corrected chi connectivity index (χ0v) is 6.74. The summed E-state index contributed by atoms with van der Waals surface area (Å²) in [7, 11) is 0. The van der Waals surface area contributed by atoms with Crippen LogP contribution in [0.15, 0.2) is 10.2 Å². The molecule has 3 heteroatoms. The molecule has 1 aliphatic rings. The zero-order valence-electron chi connectivity index (χ0n) is 5.98. The van der Waals surface area contributed by atoms with Gasteiger partial charge in [-0.05, 0) is 5.41 Å². The van der Waals surface area contributed by atoms with Gasteiger partial charge in [0, 0.05) is 6.42 Å². The van der Waals surface area contributed by atoms with Crippen LogP contribution in [-0.2, 0) is 0 Å². The van der Waals surface area contributed by atoms with Crippen LogP contribution in [0, 0.1) is 5.41 Å². The van der Waals surface area contributed by atoms with E-state index in [1.165, 1.54) is 0 Å². The molecule has 0 bridgehead atoms. The fourth-order valence-corrected chi connectivity index (χ4v) is 1.24. The first-order chi connectivity index (χ1) is 3.91. The van der Waals surface area contributed by atoms with Gasteiger partial charge in [0.1, 0.15) is 0 Å². The first-order valence-electron chi connectivity index (χ1n) is 3.04. The molecule has 0 amide bonds. The zero-order chi connectivity index (χ0) is 7.12. The van der Waals surface area contributed by atoms with Crippen molar-refractivity contribution in [2.24, 2.45) is 15.6 Å². The number of rotatable bonds is 1. The van der Waals surface area contributed by atoms with E-state index < -0.39 is 5.12 Å². The predicted octanol–water partition coefficient (Wildman–Crippen LogP) is 2.78. The van der Waals surface area contributed by atoms with Gasteiger partial charge in [0.2, 0.25) is 0 Å². The Hall–Kier alpha value is -0.110. The number of nitrogens with zero attached hydrogens (tertiary/aromatic N) is 2. The largest absolute Gasteiger partial charge is 0.263 e. The molecule has 0 aliphatic carbocycles. The van der Waals surface area contributed by atoms with Gasteiger partial charge in [-0.25, -0.2) is 0 Å². The Bertz CT molecular complexity index is 136. The molecule has 1 heterocycles. The average Bonchev–Trinajstić information content (AvgIpc) is 2.12. The molecular weight excluding hydrogens is 136 g/mol. The minimum Gasteiger partial charge on any atom is -0.141 e. The highest BCUT2D eigenvalue weighted by molar-refractivity contribution is 6.24. The number of halogens is 1. The van der Waals surface area contributed by atoms with Gasteiger partial charge < -0.3 is 0 Å². The maximum atomic E-state index is 5.80. The van der Waals surface area contributed by atoms with Crippen LogP contribution in [0.2, 0.25) is 0 Å². The maximum absolute atomic E-state index is 5.80. The maximum Gasteiger partial charge on any atom is 0.263 e. The fourth-order valence-electron chi connectivity index (χ4n) is 0.800. The van der Waals surface area contributed by atoms with Crippen LogP contribution in [0.1, 0.15) is 27.2 Å². The molecule has 0 aromatic heterocycles. The molecule has 1 aliphatic heterocycles. The molecule has 52 valence electrons. The summed E-state index contributed by atoms with van der Waals surface area (Å²) in [5.41, 5.74) is 0.227. The van der Waals surface area contributed by atoms with Crippen molar-refractivity contribution < 1.29 is 0 Å². The van der Waals surface area contributed by atoms with E-state index >= 15 is 0 Å². The first-order valence-corrected chi connectivity index (χ1v) is 3.42. The van der Waals surface area contributed by atoms with Gasteiger partial charge in [-0.2, -0.15) is 0 Å². The van der Waals surface area contributed by atoms with E-state index in [-0.39, 0.29) is 5.41 Å². The molecule has 0 aromatic carbocycles. The third-order valence-electron chi connectivity index (χ3n) is 1.07. The summed E-state index contributed by atoms with van der Waals surface area (Å²) in [5.74, 6) is 0. The quantitative estimate of drug-likeness (QED) is 0.402. The van der Waals surface area contributed by atoms with Crippen molar-refractivity contribution in [3.05, 3.63) is 0 Å². The van der Waals surface area contributed by atoms with E-state index in [4.69, 9.17) is 11.6 Å². The van der Waals surface area contributed by atoms with E-state index in [0.717, 1.165) is 6.42 Å². The lowest BCUT2D eigenvalue weighted by atomic mass is 9.91. The van der Waals surface area contributed by atoms with Crippen molar-refractivity contribution in [2.45, 2.75) is 32.3 Å². The molecule has 0 aromatic rings. The Kier molecular flexibility index (Phi) is 1.31. The highest BCUT2D eigenvalue weighted by atomic mass is 35.5.